The number of aryl methyl sites for hydroxylation is 1. The third-order valence-corrected chi connectivity index (χ3v) is 5.53. The molecule has 1 amide bonds. The number of ether oxygens (including phenoxy) is 1. The highest BCUT2D eigenvalue weighted by molar-refractivity contribution is 5.96. The van der Waals surface area contributed by atoms with E-state index in [1.807, 2.05) is 0 Å². The van der Waals surface area contributed by atoms with Crippen molar-refractivity contribution < 1.29 is 27.5 Å². The van der Waals surface area contributed by atoms with Crippen molar-refractivity contribution in [1.82, 2.24) is 25.1 Å². The zero-order chi connectivity index (χ0) is 26.0. The van der Waals surface area contributed by atoms with Crippen LogP contribution in [0.3, 0.4) is 0 Å². The molecule has 8 nitrogen and oxygen atoms in total. The van der Waals surface area contributed by atoms with Crippen LogP contribution in [0.15, 0.2) is 54.7 Å². The standard InChI is InChI=1S/C25H22F3N5O3/c1-4-36-24(35)22(31-23(34)20-13-29-18-10-5-6-11-19(18)30-20)21-14(2)32-33(15(21)3)17-9-7-8-16(12-17)25(26,27)28/h5-13,22H,4H2,1-3H3,(H,31,34). The fraction of sp³-hybridized carbons (Fsp3) is 0.240. The van der Waals surface area contributed by atoms with E-state index in [0.29, 0.717) is 28.0 Å². The second-order valence-corrected chi connectivity index (χ2v) is 7.95. The van der Waals surface area contributed by atoms with Gasteiger partial charge in [0.1, 0.15) is 5.69 Å². The van der Waals surface area contributed by atoms with E-state index in [1.165, 1.54) is 23.0 Å². The third-order valence-electron chi connectivity index (χ3n) is 5.53. The lowest BCUT2D eigenvalue weighted by Crippen LogP contribution is -2.36. The molecule has 0 bridgehead atoms. The van der Waals surface area contributed by atoms with Crippen molar-refractivity contribution in [3.8, 4) is 5.69 Å². The van der Waals surface area contributed by atoms with Crippen molar-refractivity contribution >= 4 is 22.9 Å². The fourth-order valence-corrected chi connectivity index (χ4v) is 3.88. The summed E-state index contributed by atoms with van der Waals surface area (Å²) in [6.45, 7) is 4.88. The second-order valence-electron chi connectivity index (χ2n) is 7.95. The molecule has 0 aliphatic heterocycles. The van der Waals surface area contributed by atoms with Crippen LogP contribution in [-0.2, 0) is 15.7 Å². The van der Waals surface area contributed by atoms with Crippen LogP contribution in [0.2, 0.25) is 0 Å². The normalized spacial score (nSPS) is 12.4. The first kappa shape index (κ1) is 24.8. The van der Waals surface area contributed by atoms with Gasteiger partial charge in [0.05, 0.1) is 40.8 Å². The van der Waals surface area contributed by atoms with Crippen molar-refractivity contribution in [2.24, 2.45) is 0 Å². The van der Waals surface area contributed by atoms with E-state index in [9.17, 15) is 22.8 Å². The first-order valence-corrected chi connectivity index (χ1v) is 11.0. The van der Waals surface area contributed by atoms with E-state index in [2.05, 4.69) is 20.4 Å². The van der Waals surface area contributed by atoms with Crippen LogP contribution in [0.25, 0.3) is 16.7 Å². The number of nitrogens with one attached hydrogen (secondary N) is 1. The molecule has 2 aromatic carbocycles. The summed E-state index contributed by atoms with van der Waals surface area (Å²) in [5.41, 5.74) is 1.44. The summed E-state index contributed by atoms with van der Waals surface area (Å²) in [4.78, 5) is 34.5. The van der Waals surface area contributed by atoms with Gasteiger partial charge in [-0.3, -0.25) is 9.78 Å². The van der Waals surface area contributed by atoms with Gasteiger partial charge in [-0.15, -0.1) is 0 Å². The molecule has 0 fully saturated rings. The van der Waals surface area contributed by atoms with Gasteiger partial charge in [0.15, 0.2) is 6.04 Å². The van der Waals surface area contributed by atoms with Crippen LogP contribution in [0.1, 0.15) is 46.0 Å². The third kappa shape index (κ3) is 4.90. The van der Waals surface area contributed by atoms with Crippen LogP contribution in [-0.4, -0.2) is 38.2 Å². The Hall–Kier alpha value is -4.28. The van der Waals surface area contributed by atoms with Crippen molar-refractivity contribution in [1.29, 1.82) is 0 Å². The predicted octanol–water partition coefficient (Wildman–Crippen LogP) is 4.49. The number of benzene rings is 2. The Balaban J connectivity index is 1.73. The van der Waals surface area contributed by atoms with Crippen LogP contribution < -0.4 is 5.32 Å². The van der Waals surface area contributed by atoms with E-state index in [-0.39, 0.29) is 18.0 Å². The summed E-state index contributed by atoms with van der Waals surface area (Å²) < 4.78 is 46.2. The average Bonchev–Trinajstić information content (AvgIpc) is 3.15. The van der Waals surface area contributed by atoms with Gasteiger partial charge in [0.25, 0.3) is 5.91 Å². The molecule has 2 heterocycles. The summed E-state index contributed by atoms with van der Waals surface area (Å²) in [7, 11) is 0. The molecule has 1 N–H and O–H groups in total. The van der Waals surface area contributed by atoms with Crippen LogP contribution in [0, 0.1) is 13.8 Å². The number of nitrogens with zero attached hydrogens (tertiary/aromatic N) is 4. The lowest BCUT2D eigenvalue weighted by atomic mass is 10.0. The highest BCUT2D eigenvalue weighted by atomic mass is 19.4. The molecule has 0 aliphatic carbocycles. The molecule has 0 aliphatic rings. The number of aromatic nitrogens is 4. The maximum Gasteiger partial charge on any atom is 0.416 e. The number of amides is 1. The Morgan fingerprint density at radius 3 is 2.50 bits per heavy atom. The van der Waals surface area contributed by atoms with Gasteiger partial charge in [-0.2, -0.15) is 18.3 Å². The molecular formula is C25H22F3N5O3. The molecule has 186 valence electrons. The fourth-order valence-electron chi connectivity index (χ4n) is 3.88. The van der Waals surface area contributed by atoms with Crippen LogP contribution in [0.4, 0.5) is 13.2 Å². The number of carbonyl (C=O) groups excluding carboxylic acids is 2. The molecule has 36 heavy (non-hydrogen) atoms. The minimum atomic E-state index is -4.53. The van der Waals surface area contributed by atoms with Crippen LogP contribution >= 0.6 is 0 Å². The molecule has 0 radical (unpaired) electrons. The maximum atomic E-state index is 13.2. The van der Waals surface area contributed by atoms with Crippen molar-refractivity contribution in [3.63, 3.8) is 0 Å². The summed E-state index contributed by atoms with van der Waals surface area (Å²) >= 11 is 0. The van der Waals surface area contributed by atoms with Gasteiger partial charge in [-0.25, -0.2) is 14.5 Å². The Labute approximate surface area is 204 Å². The zero-order valence-electron chi connectivity index (χ0n) is 19.6. The van der Waals surface area contributed by atoms with Crippen LogP contribution in [0.5, 0.6) is 0 Å². The topological polar surface area (TPSA) is 99.0 Å². The molecular weight excluding hydrogens is 475 g/mol. The average molecular weight is 497 g/mol. The number of halogens is 3. The Kier molecular flexibility index (Phi) is 6.73. The van der Waals surface area contributed by atoms with Crippen molar-refractivity contribution in [3.05, 3.63) is 82.9 Å². The number of rotatable bonds is 6. The van der Waals surface area contributed by atoms with E-state index in [4.69, 9.17) is 4.74 Å². The summed E-state index contributed by atoms with van der Waals surface area (Å²) in [5.74, 6) is -1.41. The number of esters is 1. The number of alkyl halides is 3. The Morgan fingerprint density at radius 2 is 1.81 bits per heavy atom. The van der Waals surface area contributed by atoms with Gasteiger partial charge in [-0.05, 0) is 51.1 Å². The number of hydrogen-bond acceptors (Lipinski definition) is 6. The molecule has 2 aromatic heterocycles. The Morgan fingerprint density at radius 1 is 1.08 bits per heavy atom. The summed E-state index contributed by atoms with van der Waals surface area (Å²) in [5, 5.41) is 6.98. The number of para-hydroxylation sites is 2. The minimum absolute atomic E-state index is 0.0106. The van der Waals surface area contributed by atoms with E-state index < -0.39 is 29.7 Å². The molecule has 11 heteroatoms. The molecule has 0 saturated heterocycles. The number of fused-ring (bicyclic) bond motifs is 1. The van der Waals surface area contributed by atoms with E-state index >= 15 is 0 Å². The second kappa shape index (κ2) is 9.76. The quantitative estimate of drug-likeness (QED) is 0.394. The smallest absolute Gasteiger partial charge is 0.416 e. The lowest BCUT2D eigenvalue weighted by Gasteiger charge is -2.18. The molecule has 4 aromatic rings. The van der Waals surface area contributed by atoms with Gasteiger partial charge >= 0.3 is 12.1 Å². The Bertz CT molecular complexity index is 1450. The zero-order valence-corrected chi connectivity index (χ0v) is 19.6. The highest BCUT2D eigenvalue weighted by Crippen LogP contribution is 2.32. The van der Waals surface area contributed by atoms with Gasteiger partial charge in [0, 0.05) is 11.3 Å². The highest BCUT2D eigenvalue weighted by Gasteiger charge is 2.33. The molecule has 4 rings (SSSR count). The van der Waals surface area contributed by atoms with Gasteiger partial charge in [-0.1, -0.05) is 18.2 Å². The summed E-state index contributed by atoms with van der Waals surface area (Å²) in [6.07, 6.45) is -3.23. The monoisotopic (exact) mass is 497 g/mol. The number of carbonyl (C=O) groups is 2. The molecule has 1 atom stereocenters. The van der Waals surface area contributed by atoms with Gasteiger partial charge in [0.2, 0.25) is 0 Å². The maximum absolute atomic E-state index is 13.2. The predicted molar refractivity (Wildman–Crippen MR) is 124 cm³/mol. The van der Waals surface area contributed by atoms with Crippen molar-refractivity contribution in [2.75, 3.05) is 6.61 Å². The first-order valence-electron chi connectivity index (χ1n) is 11.0. The molecule has 0 saturated carbocycles. The largest absolute Gasteiger partial charge is 0.464 e. The van der Waals surface area contributed by atoms with Gasteiger partial charge < -0.3 is 10.1 Å². The summed E-state index contributed by atoms with van der Waals surface area (Å²) in [6, 6.07) is 10.4. The first-order chi connectivity index (χ1) is 17.1. The van der Waals surface area contributed by atoms with Crippen molar-refractivity contribution in [2.45, 2.75) is 33.0 Å². The molecule has 0 spiro atoms. The number of hydrogen-bond donors (Lipinski definition) is 1. The SMILES string of the molecule is CCOC(=O)C(NC(=O)c1cnc2ccccc2n1)c1c(C)nn(-c2cccc(C(F)(F)F)c2)c1C. The molecule has 1 unspecified atom stereocenters. The van der Waals surface area contributed by atoms with E-state index in [0.717, 1.165) is 12.1 Å². The minimum Gasteiger partial charge on any atom is -0.464 e. The van der Waals surface area contributed by atoms with E-state index in [1.54, 1.807) is 45.0 Å². The lowest BCUT2D eigenvalue weighted by molar-refractivity contribution is -0.145.